The molecule has 0 heterocycles. The molecule has 0 aliphatic rings. The summed E-state index contributed by atoms with van der Waals surface area (Å²) in [6, 6.07) is 24.8. The Labute approximate surface area is 169 Å². The van der Waals surface area contributed by atoms with Crippen LogP contribution in [0.3, 0.4) is 0 Å². The van der Waals surface area contributed by atoms with Crippen LogP contribution in [0, 0.1) is 0 Å². The van der Waals surface area contributed by atoms with Crippen molar-refractivity contribution in [1.29, 1.82) is 0 Å². The average molecular weight is 394 g/mol. The van der Waals surface area contributed by atoms with Gasteiger partial charge in [-0.25, -0.2) is 0 Å². The number of benzene rings is 3. The highest BCUT2D eigenvalue weighted by atomic mass is 35.5. The molecule has 3 rings (SSSR count). The second-order valence-electron chi connectivity index (χ2n) is 6.27. The number of rotatable bonds is 8. The van der Waals surface area contributed by atoms with E-state index in [1.807, 2.05) is 36.4 Å². The molecule has 3 aromatic rings. The molecule has 4 nitrogen and oxygen atoms in total. The Morgan fingerprint density at radius 1 is 0.929 bits per heavy atom. The summed E-state index contributed by atoms with van der Waals surface area (Å²) in [5.74, 6) is -0.282. The zero-order valence-corrected chi connectivity index (χ0v) is 15.9. The number of carbonyl (C=O) groups excluding carboxylic acids is 2. The largest absolute Gasteiger partial charge is 0.364 e. The maximum Gasteiger partial charge on any atom is 0.251 e. The van der Waals surface area contributed by atoms with Crippen molar-refractivity contribution < 1.29 is 14.3 Å². The average Bonchev–Trinajstić information content (AvgIpc) is 2.75. The third-order valence-electron chi connectivity index (χ3n) is 4.30. The molecule has 28 heavy (non-hydrogen) atoms. The third-order valence-corrected chi connectivity index (χ3v) is 4.55. The van der Waals surface area contributed by atoms with Gasteiger partial charge in [-0.15, -0.1) is 0 Å². The maximum absolute atomic E-state index is 12.7. The normalized spacial score (nSPS) is 12.8. The Kier molecular flexibility index (Phi) is 6.95. The monoisotopic (exact) mass is 393 g/mol. The number of nitrogens with one attached hydrogen (secondary N) is 1. The van der Waals surface area contributed by atoms with Gasteiger partial charge in [0.25, 0.3) is 5.91 Å². The Morgan fingerprint density at radius 3 is 2.14 bits per heavy atom. The molecule has 142 valence electrons. The van der Waals surface area contributed by atoms with E-state index in [4.69, 9.17) is 16.3 Å². The lowest BCUT2D eigenvalue weighted by atomic mass is 10.0. The van der Waals surface area contributed by atoms with Crippen LogP contribution in [0.4, 0.5) is 0 Å². The van der Waals surface area contributed by atoms with Gasteiger partial charge >= 0.3 is 0 Å². The van der Waals surface area contributed by atoms with E-state index in [1.54, 1.807) is 48.5 Å². The third kappa shape index (κ3) is 5.28. The Balaban J connectivity index is 1.82. The minimum atomic E-state index is -0.853. The van der Waals surface area contributed by atoms with Crippen LogP contribution >= 0.6 is 11.6 Å². The fraction of sp³-hybridized carbons (Fsp3) is 0.130. The molecule has 2 atom stereocenters. The maximum atomic E-state index is 12.7. The molecule has 1 N–H and O–H groups in total. The fourth-order valence-corrected chi connectivity index (χ4v) is 2.95. The van der Waals surface area contributed by atoms with Gasteiger partial charge in [0.15, 0.2) is 6.29 Å². The van der Waals surface area contributed by atoms with Crippen molar-refractivity contribution in [3.05, 3.63) is 107 Å². The van der Waals surface area contributed by atoms with Gasteiger partial charge in [-0.1, -0.05) is 72.3 Å². The van der Waals surface area contributed by atoms with Gasteiger partial charge in [-0.2, -0.15) is 0 Å². The SMILES string of the molecule is O=C[C@H](OCc1ccccc1)[C@@H](NC(=O)c1ccccc1)c1ccc(Cl)cc1. The molecule has 1 amide bonds. The first-order valence-corrected chi connectivity index (χ1v) is 9.27. The summed E-state index contributed by atoms with van der Waals surface area (Å²) >= 11 is 5.98. The zero-order valence-electron chi connectivity index (χ0n) is 15.1. The van der Waals surface area contributed by atoms with E-state index < -0.39 is 12.1 Å². The molecule has 3 aromatic carbocycles. The molecule has 0 bridgehead atoms. The minimum Gasteiger partial charge on any atom is -0.364 e. The number of hydrogen-bond acceptors (Lipinski definition) is 3. The summed E-state index contributed by atoms with van der Waals surface area (Å²) in [7, 11) is 0. The highest BCUT2D eigenvalue weighted by Crippen LogP contribution is 2.22. The van der Waals surface area contributed by atoms with E-state index in [-0.39, 0.29) is 12.5 Å². The Bertz CT molecular complexity index is 898. The van der Waals surface area contributed by atoms with Crippen LogP contribution < -0.4 is 5.32 Å². The Morgan fingerprint density at radius 2 is 1.54 bits per heavy atom. The van der Waals surface area contributed by atoms with Gasteiger partial charge in [-0.3, -0.25) is 4.79 Å². The van der Waals surface area contributed by atoms with E-state index in [9.17, 15) is 9.59 Å². The highest BCUT2D eigenvalue weighted by molar-refractivity contribution is 6.30. The number of amides is 1. The van der Waals surface area contributed by atoms with Gasteiger partial charge < -0.3 is 14.8 Å². The molecule has 0 radical (unpaired) electrons. The summed E-state index contributed by atoms with van der Waals surface area (Å²) < 4.78 is 5.85. The first-order valence-electron chi connectivity index (χ1n) is 8.89. The first kappa shape index (κ1) is 19.8. The van der Waals surface area contributed by atoms with Gasteiger partial charge in [-0.05, 0) is 35.4 Å². The van der Waals surface area contributed by atoms with Crippen molar-refractivity contribution in [2.24, 2.45) is 0 Å². The summed E-state index contributed by atoms with van der Waals surface area (Å²) in [6.07, 6.45) is -0.137. The lowest BCUT2D eigenvalue weighted by molar-refractivity contribution is -0.120. The second-order valence-corrected chi connectivity index (χ2v) is 6.70. The van der Waals surface area contributed by atoms with Crippen molar-refractivity contribution >= 4 is 23.8 Å². The van der Waals surface area contributed by atoms with Crippen LogP contribution in [-0.4, -0.2) is 18.3 Å². The van der Waals surface area contributed by atoms with Crippen molar-refractivity contribution in [3.8, 4) is 0 Å². The summed E-state index contributed by atoms with van der Waals surface area (Å²) in [5, 5.41) is 3.49. The van der Waals surface area contributed by atoms with E-state index >= 15 is 0 Å². The van der Waals surface area contributed by atoms with Crippen molar-refractivity contribution in [3.63, 3.8) is 0 Å². The molecule has 5 heteroatoms. The first-order chi connectivity index (χ1) is 13.7. The van der Waals surface area contributed by atoms with Crippen LogP contribution in [0.1, 0.15) is 27.5 Å². The lowest BCUT2D eigenvalue weighted by Crippen LogP contribution is -2.38. The molecule has 0 aliphatic carbocycles. The van der Waals surface area contributed by atoms with Crippen LogP contribution in [-0.2, 0) is 16.1 Å². The summed E-state index contributed by atoms with van der Waals surface area (Å²) in [4.78, 5) is 24.5. The van der Waals surface area contributed by atoms with Gasteiger partial charge in [0, 0.05) is 10.6 Å². The van der Waals surface area contributed by atoms with Crippen LogP contribution in [0.25, 0.3) is 0 Å². The molecular weight excluding hydrogens is 374 g/mol. The smallest absolute Gasteiger partial charge is 0.251 e. The molecule has 0 spiro atoms. The summed E-state index contributed by atoms with van der Waals surface area (Å²) in [5.41, 5.74) is 2.19. The molecule has 0 aromatic heterocycles. The fourth-order valence-electron chi connectivity index (χ4n) is 2.82. The predicted octanol–water partition coefficient (Wildman–Crippen LogP) is 4.60. The minimum absolute atomic E-state index is 0.259. The number of carbonyl (C=O) groups is 2. The molecule has 0 saturated carbocycles. The van der Waals surface area contributed by atoms with Crippen molar-refractivity contribution in [2.75, 3.05) is 0 Å². The molecule has 0 fully saturated rings. The van der Waals surface area contributed by atoms with E-state index in [0.717, 1.165) is 11.1 Å². The molecular formula is C23H20ClNO3. The van der Waals surface area contributed by atoms with Gasteiger partial charge in [0.2, 0.25) is 0 Å². The number of hydrogen-bond donors (Lipinski definition) is 1. The van der Waals surface area contributed by atoms with E-state index in [1.165, 1.54) is 0 Å². The second kappa shape index (κ2) is 9.83. The van der Waals surface area contributed by atoms with Gasteiger partial charge in [0.05, 0.1) is 12.6 Å². The zero-order chi connectivity index (χ0) is 19.8. The number of ether oxygens (including phenoxy) is 1. The molecule has 0 saturated heterocycles. The van der Waals surface area contributed by atoms with Crippen LogP contribution in [0.5, 0.6) is 0 Å². The van der Waals surface area contributed by atoms with Gasteiger partial charge in [0.1, 0.15) is 6.10 Å². The number of halogens is 1. The lowest BCUT2D eigenvalue weighted by Gasteiger charge is -2.25. The Hall–Kier alpha value is -2.95. The topological polar surface area (TPSA) is 55.4 Å². The quantitative estimate of drug-likeness (QED) is 0.569. The molecule has 0 aliphatic heterocycles. The van der Waals surface area contributed by atoms with Crippen LogP contribution in [0.2, 0.25) is 5.02 Å². The summed E-state index contributed by atoms with van der Waals surface area (Å²) in [6.45, 7) is 0.259. The standard InChI is InChI=1S/C23H20ClNO3/c24-20-13-11-18(12-14-20)22(25-23(27)19-9-5-2-6-10-19)21(15-26)28-16-17-7-3-1-4-8-17/h1-15,21-22H,16H2,(H,25,27)/t21-,22-/m0/s1. The van der Waals surface area contributed by atoms with Crippen LogP contribution in [0.15, 0.2) is 84.9 Å². The van der Waals surface area contributed by atoms with Crippen molar-refractivity contribution in [1.82, 2.24) is 5.32 Å². The van der Waals surface area contributed by atoms with E-state index in [0.29, 0.717) is 16.9 Å². The number of aldehydes is 1. The molecule has 0 unspecified atom stereocenters. The predicted molar refractivity (Wildman–Crippen MR) is 109 cm³/mol. The van der Waals surface area contributed by atoms with E-state index in [2.05, 4.69) is 5.32 Å². The van der Waals surface area contributed by atoms with Crippen molar-refractivity contribution in [2.45, 2.75) is 18.8 Å². The highest BCUT2D eigenvalue weighted by Gasteiger charge is 2.26.